The summed E-state index contributed by atoms with van der Waals surface area (Å²) in [4.78, 5) is 94.8. The predicted molar refractivity (Wildman–Crippen MR) is 571 cm³/mol. The summed E-state index contributed by atoms with van der Waals surface area (Å²) in [5.41, 5.74) is 33.5. The SMILES string of the molecule is C[C@H]1COCCN1c1cc(-c2ccc(N)cc2)cc2c1CCN(c1cnccn1)C2.C[C@H]1COCCN1c1cc(-c2ccc([N+](=O)[O-])cc2)cc2c1CCN(C(=O)OC(C)(C)C)C2.C[C@H]1COCCN1c1cc(-c2ccc([N+](=O)[O-])cc2)cc2c1CCN(c1cnccn1)C2.C[C@H]1COCCN1c1cc(-c2ccc([N+](=O)[O-])cc2)cc2c1CCNC2.C[C@H]1COCCN1c1cc(Cl)cc2c1CCN(C(=O)OC(C)(C)C)C2. The van der Waals surface area contributed by atoms with Gasteiger partial charge in [-0.25, -0.2) is 19.6 Å². The molecule has 0 radical (unpaired) electrons. The summed E-state index contributed by atoms with van der Waals surface area (Å²) in [5.74, 6) is 1.81. The van der Waals surface area contributed by atoms with Crippen molar-refractivity contribution in [2.24, 2.45) is 0 Å². The minimum absolute atomic E-state index is 0.0647. The number of rotatable bonds is 14. The van der Waals surface area contributed by atoms with Gasteiger partial charge in [-0.15, -0.1) is 0 Å². The molecule has 0 spiro atoms. The van der Waals surface area contributed by atoms with E-state index >= 15 is 0 Å². The Morgan fingerprint density at radius 3 is 0.979 bits per heavy atom. The van der Waals surface area contributed by atoms with Crippen LogP contribution in [0.15, 0.2) is 195 Å². The van der Waals surface area contributed by atoms with Crippen molar-refractivity contribution in [2.45, 2.75) is 182 Å². The van der Waals surface area contributed by atoms with E-state index in [1.165, 1.54) is 90.5 Å². The average molecular weight is 2010 g/mol. The Balaban J connectivity index is 0.000000125. The molecule has 5 fully saturated rings. The summed E-state index contributed by atoms with van der Waals surface area (Å²) in [6.45, 7) is 41.4. The smallest absolute Gasteiger partial charge is 0.410 e. The van der Waals surface area contributed by atoms with Gasteiger partial charge in [0.15, 0.2) is 0 Å². The molecule has 0 saturated carbocycles. The van der Waals surface area contributed by atoms with E-state index in [4.69, 9.17) is 50.5 Å². The van der Waals surface area contributed by atoms with Crippen LogP contribution in [0.3, 0.4) is 0 Å². The number of nitrogens with zero attached hydrogens (tertiary/aromatic N) is 16. The van der Waals surface area contributed by atoms with Gasteiger partial charge < -0.3 is 88.3 Å². The highest BCUT2D eigenvalue weighted by molar-refractivity contribution is 6.31. The molecular weight excluding hydrogens is 1870 g/mol. The molecule has 10 aliphatic rings. The van der Waals surface area contributed by atoms with E-state index in [-0.39, 0.29) is 51.2 Å². The number of anilines is 8. The average Bonchev–Trinajstić information content (AvgIpc) is 0.772. The number of nitrogen functional groups attached to an aromatic ring is 1. The maximum atomic E-state index is 12.7. The first-order valence-corrected chi connectivity index (χ1v) is 51.1. The molecule has 9 aromatic carbocycles. The topological polar surface area (TPSA) is 347 Å². The van der Waals surface area contributed by atoms with Crippen LogP contribution >= 0.6 is 11.6 Å². The molecule has 34 heteroatoms. The van der Waals surface area contributed by atoms with E-state index in [1.807, 2.05) is 96.3 Å². The minimum atomic E-state index is -0.549. The Morgan fingerprint density at radius 1 is 0.377 bits per heavy atom. The standard InChI is InChI=1S/C25H31N3O5.C24H25N5O3.C24H27N5O.C20H23N3O3.C19H27ClN2O3/c1-17-16-32-12-11-27(17)23-14-19(18-5-7-21(8-6-18)28(30)31)13-20-15-26(10-9-22(20)23)24(29)33-25(2,3)4;1-17-16-32-11-10-28(17)23-13-19(18-2-4-21(5-3-18)29(30)31)12-20-15-27(9-6-22(20)23)24-14-25-7-8-26-24;1-17-16-30-11-10-29(17)23-13-19(18-2-4-21(25)5-3-18)12-20-15-28(9-6-22(20)23)24-14-26-7-8-27-24;1-14-13-26-9-8-22(14)20-11-16(10-17-12-21-7-6-19(17)20)15-2-4-18(5-3-15)23(24)25;1-13-12-24-8-7-22(13)17-10-15(20)9-14-11-21(6-5-16(14)17)18(23)25-19(2,3)4/h5-8,13-14,17H,9-12,15-16H2,1-4H3;2-5,7-8,12-14,17H,6,9-11,15-16H2,1H3;2-5,7-8,12-14,17H,6,9-11,15-16,25H2,1H3;2-5,10-11,14,21H,6-9,12-13H2,1H3;9-10,13H,5-8,11-12H2,1-4H3/t3*17-;14-;13-/m00000/s1. The number of halogens is 1. The summed E-state index contributed by atoms with van der Waals surface area (Å²) in [6, 6.07) is 51.8. The largest absolute Gasteiger partial charge is 0.444 e. The molecule has 5 atom stereocenters. The Morgan fingerprint density at radius 2 is 0.671 bits per heavy atom. The quantitative estimate of drug-likeness (QED) is 0.0580. The number of ether oxygens (including phenoxy) is 7. The van der Waals surface area contributed by atoms with E-state index in [0.717, 1.165) is 211 Å². The second kappa shape index (κ2) is 46.4. The molecule has 3 N–H and O–H groups in total. The van der Waals surface area contributed by atoms with Gasteiger partial charge in [-0.1, -0.05) is 23.7 Å². The van der Waals surface area contributed by atoms with Gasteiger partial charge in [-0.3, -0.25) is 40.3 Å². The first-order valence-electron chi connectivity index (χ1n) is 50.7. The van der Waals surface area contributed by atoms with E-state index in [2.05, 4.69) is 155 Å². The third kappa shape index (κ3) is 25.2. The van der Waals surface area contributed by atoms with Crippen LogP contribution < -0.4 is 45.3 Å². The van der Waals surface area contributed by atoms with Crippen molar-refractivity contribution in [3.8, 4) is 44.5 Å². The Kier molecular flexibility index (Phi) is 32.9. The molecule has 146 heavy (non-hydrogen) atoms. The number of morpholine rings is 5. The number of amides is 2. The second-order valence-electron chi connectivity index (χ2n) is 40.9. The lowest BCUT2D eigenvalue weighted by Crippen LogP contribution is -2.45. The maximum absolute atomic E-state index is 12.7. The van der Waals surface area contributed by atoms with Crippen molar-refractivity contribution in [2.75, 3.05) is 172 Å². The number of non-ortho nitro benzene ring substituents is 3. The van der Waals surface area contributed by atoms with Crippen LogP contribution in [0.5, 0.6) is 0 Å². The number of hydrogen-bond donors (Lipinski definition) is 2. The van der Waals surface area contributed by atoms with Crippen molar-refractivity contribution in [1.82, 2.24) is 35.1 Å². The number of hydrogen-bond acceptors (Lipinski definition) is 28. The summed E-state index contributed by atoms with van der Waals surface area (Å²) < 4.78 is 39.3. The van der Waals surface area contributed by atoms with Gasteiger partial charge in [0, 0.05) is 222 Å². The molecule has 0 bridgehead atoms. The number of nitro benzene ring substituents is 3. The number of carbonyl (C=O) groups is 2. The number of carbonyl (C=O) groups excluding carboxylic acids is 2. The number of aromatic nitrogens is 4. The predicted octanol–water partition coefficient (Wildman–Crippen LogP) is 19.1. The molecule has 5 saturated heterocycles. The lowest BCUT2D eigenvalue weighted by molar-refractivity contribution is -0.385. The summed E-state index contributed by atoms with van der Waals surface area (Å²) >= 11 is 6.39. The van der Waals surface area contributed by atoms with E-state index in [0.29, 0.717) is 75.8 Å². The molecule has 2 aromatic heterocycles. The number of benzene rings is 9. The molecule has 33 nitrogen and oxygen atoms in total. The Bertz CT molecular complexity index is 6440. The van der Waals surface area contributed by atoms with E-state index in [1.54, 1.807) is 77.2 Å². The summed E-state index contributed by atoms with van der Waals surface area (Å²) in [6.07, 6.45) is 14.5. The molecule has 768 valence electrons. The van der Waals surface area contributed by atoms with Crippen LogP contribution in [0, 0.1) is 30.3 Å². The minimum Gasteiger partial charge on any atom is -0.444 e. The van der Waals surface area contributed by atoms with Gasteiger partial charge in [-0.05, 0) is 324 Å². The van der Waals surface area contributed by atoms with Crippen molar-refractivity contribution >= 4 is 86.6 Å². The lowest BCUT2D eigenvalue weighted by atomic mass is 9.91. The van der Waals surface area contributed by atoms with E-state index in [9.17, 15) is 39.9 Å². The van der Waals surface area contributed by atoms with Crippen LogP contribution in [-0.2, 0) is 98.0 Å². The zero-order valence-corrected chi connectivity index (χ0v) is 86.1. The summed E-state index contributed by atoms with van der Waals surface area (Å²) in [5, 5.41) is 37.2. The fourth-order valence-corrected chi connectivity index (χ4v) is 21.1. The monoisotopic (exact) mass is 2000 g/mol. The van der Waals surface area contributed by atoms with Gasteiger partial charge in [-0.2, -0.15) is 0 Å². The normalized spacial score (nSPS) is 19.3. The highest BCUT2D eigenvalue weighted by Crippen LogP contribution is 2.45. The number of nitro groups is 3. The number of nitrogens with one attached hydrogen (secondary N) is 1. The molecule has 0 aliphatic carbocycles. The lowest BCUT2D eigenvalue weighted by Gasteiger charge is -2.39. The summed E-state index contributed by atoms with van der Waals surface area (Å²) in [7, 11) is 0. The maximum Gasteiger partial charge on any atom is 0.410 e. The van der Waals surface area contributed by atoms with Gasteiger partial charge in [0.2, 0.25) is 0 Å². The zero-order chi connectivity index (χ0) is 103. The third-order valence-corrected chi connectivity index (χ3v) is 28.5. The van der Waals surface area contributed by atoms with Crippen LogP contribution in [0.25, 0.3) is 44.5 Å². The number of nitrogens with two attached hydrogens (primary N) is 1. The van der Waals surface area contributed by atoms with E-state index < -0.39 is 16.1 Å². The first-order chi connectivity index (χ1) is 70.3. The van der Waals surface area contributed by atoms with Crippen molar-refractivity contribution in [3.05, 3.63) is 286 Å². The Labute approximate surface area is 858 Å². The first kappa shape index (κ1) is 104. The van der Waals surface area contributed by atoms with Crippen LogP contribution in [0.2, 0.25) is 5.02 Å². The molecule has 21 rings (SSSR count). The molecular formula is C112H133ClN18O15. The van der Waals surface area contributed by atoms with Crippen molar-refractivity contribution in [1.29, 1.82) is 0 Å². The molecule has 11 aromatic rings. The van der Waals surface area contributed by atoms with Crippen LogP contribution in [0.4, 0.5) is 72.4 Å². The fourth-order valence-electron chi connectivity index (χ4n) is 20.9. The molecule has 10 aliphatic heterocycles. The van der Waals surface area contributed by atoms with Crippen LogP contribution in [-0.4, -0.2) is 230 Å². The highest BCUT2D eigenvalue weighted by Gasteiger charge is 2.37. The van der Waals surface area contributed by atoms with Crippen LogP contribution in [0.1, 0.15) is 132 Å². The molecule has 12 heterocycles. The highest BCUT2D eigenvalue weighted by atomic mass is 35.5. The van der Waals surface area contributed by atoms with Crippen molar-refractivity contribution < 1.29 is 57.5 Å². The van der Waals surface area contributed by atoms with Gasteiger partial charge in [0.1, 0.15) is 22.8 Å². The van der Waals surface area contributed by atoms with Crippen molar-refractivity contribution in [3.63, 3.8) is 0 Å². The fraction of sp³-hybridized carbons (Fsp3) is 0.429. The van der Waals surface area contributed by atoms with Gasteiger partial charge in [0.05, 0.1) is 93.2 Å². The Hall–Kier alpha value is -13.7. The van der Waals surface area contributed by atoms with Gasteiger partial charge >= 0.3 is 12.2 Å². The number of fused-ring (bicyclic) bond motifs is 5. The molecule has 2 amide bonds. The second-order valence-corrected chi connectivity index (χ2v) is 41.4. The third-order valence-electron chi connectivity index (χ3n) is 28.3. The van der Waals surface area contributed by atoms with Gasteiger partial charge in [0.25, 0.3) is 17.1 Å². The zero-order valence-electron chi connectivity index (χ0n) is 85.3. The molecule has 0 unspecified atom stereocenters.